The number of thiophene rings is 1. The van der Waals surface area contributed by atoms with Gasteiger partial charge in [0.1, 0.15) is 4.34 Å². The monoisotopic (exact) mass is 451 g/mol. The van der Waals surface area contributed by atoms with E-state index in [0.29, 0.717) is 10.9 Å². The Hall–Kier alpha value is -0.560. The Labute approximate surface area is 148 Å². The Morgan fingerprint density at radius 1 is 1.38 bits per heavy atom. The van der Waals surface area contributed by atoms with Crippen molar-refractivity contribution in [2.75, 3.05) is 11.9 Å². The molecule has 0 saturated heterocycles. The lowest BCUT2D eigenvalue weighted by Gasteiger charge is -2.18. The Morgan fingerprint density at radius 2 is 2.10 bits per heavy atom. The largest absolute Gasteiger partial charge is 0.464 e. The molecule has 7 heteroatoms. The molecule has 1 atom stereocenters. The van der Waals surface area contributed by atoms with E-state index in [-0.39, 0.29) is 5.97 Å². The van der Waals surface area contributed by atoms with Crippen molar-refractivity contribution in [1.29, 1.82) is 0 Å². The first-order chi connectivity index (χ1) is 10.0. The third-order valence-electron chi connectivity index (χ3n) is 2.64. The van der Waals surface area contributed by atoms with Crippen LogP contribution in [0.1, 0.15) is 17.8 Å². The maximum atomic E-state index is 12.2. The molecule has 1 unspecified atom stereocenters. The third-order valence-corrected chi connectivity index (χ3v) is 5.88. The van der Waals surface area contributed by atoms with Gasteiger partial charge in [0.15, 0.2) is 6.04 Å². The van der Waals surface area contributed by atoms with Crippen molar-refractivity contribution < 1.29 is 9.53 Å². The van der Waals surface area contributed by atoms with Gasteiger partial charge in [-0.2, -0.15) is 0 Å². The Bertz CT molecular complexity index is 628. The summed E-state index contributed by atoms with van der Waals surface area (Å²) in [6.07, 6.45) is 0. The zero-order chi connectivity index (χ0) is 15.4. The van der Waals surface area contributed by atoms with Crippen LogP contribution in [0.2, 0.25) is 4.34 Å². The molecule has 0 amide bonds. The summed E-state index contributed by atoms with van der Waals surface area (Å²) in [5.74, 6) is -0.335. The zero-order valence-corrected chi connectivity index (χ0v) is 15.8. The molecule has 3 nitrogen and oxygen atoms in total. The van der Waals surface area contributed by atoms with Gasteiger partial charge in [-0.3, -0.25) is 0 Å². The highest BCUT2D eigenvalue weighted by atomic mass is 79.9. The molecular formula is C14H12Br2ClNO2S. The predicted octanol–water partition coefficient (Wildman–Crippen LogP) is 5.64. The van der Waals surface area contributed by atoms with Crippen LogP contribution in [0.4, 0.5) is 5.69 Å². The normalized spacial score (nSPS) is 12.0. The second-order valence-electron chi connectivity index (χ2n) is 4.08. The minimum Gasteiger partial charge on any atom is -0.464 e. The van der Waals surface area contributed by atoms with E-state index in [1.165, 1.54) is 11.3 Å². The lowest BCUT2D eigenvalue weighted by atomic mass is 10.2. The number of rotatable bonds is 5. The summed E-state index contributed by atoms with van der Waals surface area (Å²) in [5.41, 5.74) is 0.816. The minimum atomic E-state index is -0.600. The molecule has 21 heavy (non-hydrogen) atoms. The number of esters is 1. The number of carbonyl (C=O) groups is 1. The maximum Gasteiger partial charge on any atom is 0.334 e. The Morgan fingerprint density at radius 3 is 2.67 bits per heavy atom. The molecule has 0 saturated carbocycles. The van der Waals surface area contributed by atoms with Gasteiger partial charge in [-0.15, -0.1) is 11.3 Å². The van der Waals surface area contributed by atoms with Gasteiger partial charge in [0.05, 0.1) is 6.61 Å². The van der Waals surface area contributed by atoms with Crippen molar-refractivity contribution in [2.24, 2.45) is 0 Å². The van der Waals surface area contributed by atoms with Gasteiger partial charge in [-0.25, -0.2) is 4.79 Å². The number of halogens is 3. The van der Waals surface area contributed by atoms with Crippen LogP contribution in [-0.2, 0) is 9.53 Å². The summed E-state index contributed by atoms with van der Waals surface area (Å²) in [7, 11) is 0. The average Bonchev–Trinajstić information content (AvgIpc) is 2.77. The number of benzene rings is 1. The van der Waals surface area contributed by atoms with Gasteiger partial charge >= 0.3 is 5.97 Å². The van der Waals surface area contributed by atoms with E-state index in [2.05, 4.69) is 37.2 Å². The van der Waals surface area contributed by atoms with Crippen molar-refractivity contribution in [3.05, 3.63) is 48.5 Å². The number of anilines is 1. The van der Waals surface area contributed by atoms with Crippen LogP contribution in [0.3, 0.4) is 0 Å². The summed E-state index contributed by atoms with van der Waals surface area (Å²) in [6, 6.07) is 8.83. The predicted molar refractivity (Wildman–Crippen MR) is 94.2 cm³/mol. The number of para-hydroxylation sites is 1. The van der Waals surface area contributed by atoms with Crippen molar-refractivity contribution in [3.63, 3.8) is 0 Å². The fraction of sp³-hybridized carbons (Fsp3) is 0.214. The number of hydrogen-bond acceptors (Lipinski definition) is 4. The SMILES string of the molecule is CCOC(=O)C(Nc1ccccc1Br)c1cc(Br)c(Cl)s1. The highest BCUT2D eigenvalue weighted by Gasteiger charge is 2.25. The van der Waals surface area contributed by atoms with E-state index in [0.717, 1.165) is 19.5 Å². The Balaban J connectivity index is 2.32. The summed E-state index contributed by atoms with van der Waals surface area (Å²) < 4.78 is 7.40. The van der Waals surface area contributed by atoms with Crippen molar-refractivity contribution in [1.82, 2.24) is 0 Å². The fourth-order valence-corrected chi connectivity index (χ4v) is 3.89. The Kier molecular flexibility index (Phi) is 6.10. The molecule has 112 valence electrons. The van der Waals surface area contributed by atoms with Crippen LogP contribution in [0.25, 0.3) is 0 Å². The molecule has 0 aliphatic heterocycles. The van der Waals surface area contributed by atoms with E-state index in [1.54, 1.807) is 6.92 Å². The topological polar surface area (TPSA) is 38.3 Å². The van der Waals surface area contributed by atoms with Crippen LogP contribution in [0, 0.1) is 0 Å². The highest BCUT2D eigenvalue weighted by Crippen LogP contribution is 2.37. The van der Waals surface area contributed by atoms with Crippen LogP contribution in [-0.4, -0.2) is 12.6 Å². The first kappa shape index (κ1) is 16.8. The number of carbonyl (C=O) groups excluding carboxylic acids is 1. The summed E-state index contributed by atoms with van der Waals surface area (Å²) in [5, 5.41) is 3.20. The lowest BCUT2D eigenvalue weighted by Crippen LogP contribution is -2.22. The van der Waals surface area contributed by atoms with E-state index < -0.39 is 6.04 Å². The van der Waals surface area contributed by atoms with Crippen LogP contribution in [0.15, 0.2) is 39.3 Å². The molecule has 0 bridgehead atoms. The third kappa shape index (κ3) is 4.22. The van der Waals surface area contributed by atoms with Crippen LogP contribution >= 0.6 is 54.8 Å². The molecule has 2 rings (SSSR count). The molecular weight excluding hydrogens is 441 g/mol. The van der Waals surface area contributed by atoms with Gasteiger partial charge in [-0.1, -0.05) is 23.7 Å². The summed E-state index contributed by atoms with van der Waals surface area (Å²) in [6.45, 7) is 2.11. The van der Waals surface area contributed by atoms with Gasteiger partial charge in [0, 0.05) is 19.5 Å². The molecule has 1 heterocycles. The van der Waals surface area contributed by atoms with Crippen LogP contribution in [0.5, 0.6) is 0 Å². The van der Waals surface area contributed by atoms with Crippen molar-refractivity contribution in [2.45, 2.75) is 13.0 Å². The van der Waals surface area contributed by atoms with Gasteiger partial charge in [0.25, 0.3) is 0 Å². The lowest BCUT2D eigenvalue weighted by molar-refractivity contribution is -0.144. The highest BCUT2D eigenvalue weighted by molar-refractivity contribution is 9.11. The van der Waals surface area contributed by atoms with Crippen molar-refractivity contribution in [3.8, 4) is 0 Å². The first-order valence-electron chi connectivity index (χ1n) is 6.15. The van der Waals surface area contributed by atoms with Crippen LogP contribution < -0.4 is 5.32 Å². The van der Waals surface area contributed by atoms with E-state index in [1.807, 2.05) is 30.3 Å². The standard InChI is InChI=1S/C14H12Br2ClNO2S/c1-2-20-14(19)12(11-7-9(16)13(17)21-11)18-10-6-4-3-5-8(10)15/h3-7,12,18H,2H2,1H3. The van der Waals surface area contributed by atoms with Gasteiger partial charge in [-0.05, 0) is 57.0 Å². The second kappa shape index (κ2) is 7.63. The first-order valence-corrected chi connectivity index (χ1v) is 8.93. The molecule has 0 fully saturated rings. The second-order valence-corrected chi connectivity index (χ2v) is 7.47. The smallest absolute Gasteiger partial charge is 0.334 e. The molecule has 0 aliphatic rings. The molecule has 2 aromatic rings. The molecule has 1 aromatic carbocycles. The molecule has 1 N–H and O–H groups in total. The van der Waals surface area contributed by atoms with E-state index >= 15 is 0 Å². The molecule has 0 radical (unpaired) electrons. The number of nitrogens with one attached hydrogen (secondary N) is 1. The molecule has 1 aromatic heterocycles. The summed E-state index contributed by atoms with van der Waals surface area (Å²) >= 11 is 14.2. The van der Waals surface area contributed by atoms with E-state index in [4.69, 9.17) is 16.3 Å². The van der Waals surface area contributed by atoms with Crippen molar-refractivity contribution >= 4 is 66.5 Å². The van der Waals surface area contributed by atoms with Gasteiger partial charge < -0.3 is 10.1 Å². The fourth-order valence-electron chi connectivity index (χ4n) is 1.71. The minimum absolute atomic E-state index is 0.327. The number of hydrogen-bond donors (Lipinski definition) is 1. The van der Waals surface area contributed by atoms with E-state index in [9.17, 15) is 4.79 Å². The quantitative estimate of drug-likeness (QED) is 0.595. The maximum absolute atomic E-state index is 12.2. The summed E-state index contributed by atoms with van der Waals surface area (Å²) in [4.78, 5) is 13.0. The average molecular weight is 454 g/mol. The van der Waals surface area contributed by atoms with Gasteiger partial charge in [0.2, 0.25) is 0 Å². The number of ether oxygens (including phenoxy) is 1. The zero-order valence-electron chi connectivity index (χ0n) is 11.0. The molecule has 0 spiro atoms. The molecule has 0 aliphatic carbocycles.